The van der Waals surface area contributed by atoms with E-state index in [1.807, 2.05) is 12.1 Å². The summed E-state index contributed by atoms with van der Waals surface area (Å²) >= 11 is 6.40. The van der Waals surface area contributed by atoms with Gasteiger partial charge in [0, 0.05) is 10.7 Å². The van der Waals surface area contributed by atoms with Crippen molar-refractivity contribution in [3.63, 3.8) is 0 Å². The number of benzene rings is 2. The van der Waals surface area contributed by atoms with E-state index in [1.165, 1.54) is 12.1 Å². The normalized spacial score (nSPS) is 15.4. The average molecular weight is 738 g/mol. The Kier molecular flexibility index (Phi) is 7.64. The van der Waals surface area contributed by atoms with Crippen LogP contribution in [0.4, 0.5) is 0 Å². The Morgan fingerprint density at radius 3 is 2.18 bits per heavy atom. The zero-order chi connectivity index (χ0) is 20.5. The molecule has 1 aliphatic carbocycles. The first kappa shape index (κ1) is 22.7. The summed E-state index contributed by atoms with van der Waals surface area (Å²) in [5.41, 5.74) is 1.01. The lowest BCUT2D eigenvalue weighted by atomic mass is 9.84. The van der Waals surface area contributed by atoms with E-state index in [0.717, 1.165) is 42.8 Å². The van der Waals surface area contributed by atoms with E-state index in [9.17, 15) is 17.8 Å². The van der Waals surface area contributed by atoms with E-state index in [1.54, 1.807) is 6.07 Å². The number of halogens is 3. The Morgan fingerprint density at radius 2 is 1.61 bits per heavy atom. The molecule has 3 rings (SSSR count). The standard InChI is InChI=1S/C19H17I3O5S/c20-12-8-15(21)18(16(22)9-12)19(23)27-13-6-7-17(28(24,25)26)14(10-13)11-4-2-1-3-5-11/h6-11H,1-5H2,(H,24,25,26). The third-order valence-corrected chi connectivity index (χ3v) is 7.98. The Hall–Kier alpha value is 0.0100. The molecule has 5 nitrogen and oxygen atoms in total. The molecule has 0 unspecified atom stereocenters. The van der Waals surface area contributed by atoms with Crippen LogP contribution in [0.1, 0.15) is 53.9 Å². The monoisotopic (exact) mass is 738 g/mol. The van der Waals surface area contributed by atoms with Crippen molar-refractivity contribution in [2.24, 2.45) is 0 Å². The third kappa shape index (κ3) is 5.38. The molecule has 0 heterocycles. The van der Waals surface area contributed by atoms with Gasteiger partial charge in [0.25, 0.3) is 10.1 Å². The van der Waals surface area contributed by atoms with Crippen LogP contribution in [-0.2, 0) is 10.1 Å². The van der Waals surface area contributed by atoms with Gasteiger partial charge in [0.05, 0.1) is 10.5 Å². The molecule has 0 amide bonds. The lowest BCUT2D eigenvalue weighted by Crippen LogP contribution is -2.14. The van der Waals surface area contributed by atoms with Gasteiger partial charge in [-0.05, 0) is 122 Å². The lowest BCUT2D eigenvalue weighted by molar-refractivity contribution is 0.0732. The summed E-state index contributed by atoms with van der Waals surface area (Å²) in [4.78, 5) is 12.6. The Bertz CT molecular complexity index is 991. The van der Waals surface area contributed by atoms with Crippen LogP contribution in [0.25, 0.3) is 0 Å². The van der Waals surface area contributed by atoms with Gasteiger partial charge in [0.1, 0.15) is 5.75 Å². The fourth-order valence-corrected chi connectivity index (χ4v) is 8.24. The summed E-state index contributed by atoms with van der Waals surface area (Å²) in [5, 5.41) is 0. The largest absolute Gasteiger partial charge is 0.423 e. The van der Waals surface area contributed by atoms with E-state index in [2.05, 4.69) is 67.8 Å². The van der Waals surface area contributed by atoms with Crippen molar-refractivity contribution >= 4 is 83.9 Å². The number of esters is 1. The first-order valence-corrected chi connectivity index (χ1v) is 13.3. The molecule has 0 radical (unpaired) electrons. The Morgan fingerprint density at radius 1 is 1.00 bits per heavy atom. The Balaban J connectivity index is 1.96. The predicted octanol–water partition coefficient (Wildman–Crippen LogP) is 6.01. The summed E-state index contributed by atoms with van der Waals surface area (Å²) < 4.78 is 41.4. The first-order chi connectivity index (χ1) is 13.2. The molecule has 9 heteroatoms. The summed E-state index contributed by atoms with van der Waals surface area (Å²) in [5.74, 6) is -0.176. The fourth-order valence-electron chi connectivity index (χ4n) is 3.45. The molecule has 1 saturated carbocycles. The maximum absolute atomic E-state index is 12.7. The zero-order valence-electron chi connectivity index (χ0n) is 14.6. The highest BCUT2D eigenvalue weighted by Crippen LogP contribution is 2.38. The molecule has 0 aromatic heterocycles. The number of hydrogen-bond acceptors (Lipinski definition) is 4. The second kappa shape index (κ2) is 9.43. The summed E-state index contributed by atoms with van der Waals surface area (Å²) in [7, 11) is -4.34. The number of carbonyl (C=O) groups is 1. The molecule has 1 fully saturated rings. The van der Waals surface area contributed by atoms with E-state index in [-0.39, 0.29) is 16.6 Å². The van der Waals surface area contributed by atoms with Crippen LogP contribution in [-0.4, -0.2) is 18.9 Å². The smallest absolute Gasteiger partial charge is 0.345 e. The molecular formula is C19H17I3O5S. The highest BCUT2D eigenvalue weighted by molar-refractivity contribution is 14.1. The van der Waals surface area contributed by atoms with Crippen LogP contribution in [0.2, 0.25) is 0 Å². The van der Waals surface area contributed by atoms with E-state index >= 15 is 0 Å². The molecule has 0 aliphatic heterocycles. The van der Waals surface area contributed by atoms with Gasteiger partial charge in [-0.2, -0.15) is 8.42 Å². The maximum atomic E-state index is 12.7. The second-order valence-electron chi connectivity index (χ2n) is 6.64. The van der Waals surface area contributed by atoms with Crippen LogP contribution in [0.15, 0.2) is 35.2 Å². The minimum atomic E-state index is -4.34. The molecule has 0 atom stereocenters. The van der Waals surface area contributed by atoms with Crippen LogP contribution in [0, 0.1) is 10.7 Å². The topological polar surface area (TPSA) is 80.7 Å². The molecule has 28 heavy (non-hydrogen) atoms. The second-order valence-corrected chi connectivity index (χ2v) is 11.6. The van der Waals surface area contributed by atoms with Gasteiger partial charge < -0.3 is 4.74 Å². The van der Waals surface area contributed by atoms with Gasteiger partial charge in [-0.15, -0.1) is 0 Å². The third-order valence-electron chi connectivity index (χ3n) is 4.73. The number of hydrogen-bond donors (Lipinski definition) is 1. The van der Waals surface area contributed by atoms with Crippen LogP contribution >= 0.6 is 67.8 Å². The quantitative estimate of drug-likeness (QED) is 0.180. The van der Waals surface area contributed by atoms with Gasteiger partial charge in [-0.3, -0.25) is 4.55 Å². The van der Waals surface area contributed by atoms with Crippen LogP contribution in [0.3, 0.4) is 0 Å². The van der Waals surface area contributed by atoms with Gasteiger partial charge in [0.2, 0.25) is 0 Å². The van der Waals surface area contributed by atoms with E-state index in [0.29, 0.717) is 11.1 Å². The van der Waals surface area contributed by atoms with Gasteiger partial charge in [0.15, 0.2) is 0 Å². The van der Waals surface area contributed by atoms with Crippen molar-refractivity contribution in [2.45, 2.75) is 42.9 Å². The fraction of sp³-hybridized carbons (Fsp3) is 0.316. The molecule has 1 N–H and O–H groups in total. The Labute approximate surface area is 205 Å². The van der Waals surface area contributed by atoms with Gasteiger partial charge in [-0.1, -0.05) is 19.3 Å². The van der Waals surface area contributed by atoms with Crippen molar-refractivity contribution in [1.29, 1.82) is 0 Å². The zero-order valence-corrected chi connectivity index (χ0v) is 21.9. The molecule has 0 spiro atoms. The van der Waals surface area contributed by atoms with Crippen molar-refractivity contribution in [3.05, 3.63) is 52.2 Å². The summed E-state index contributed by atoms with van der Waals surface area (Å²) in [6.07, 6.45) is 4.85. The van der Waals surface area contributed by atoms with E-state index in [4.69, 9.17) is 4.74 Å². The van der Waals surface area contributed by atoms with Crippen LogP contribution in [0.5, 0.6) is 5.75 Å². The molecular weight excluding hydrogens is 721 g/mol. The van der Waals surface area contributed by atoms with Crippen molar-refractivity contribution in [1.82, 2.24) is 0 Å². The lowest BCUT2D eigenvalue weighted by Gasteiger charge is -2.24. The maximum Gasteiger partial charge on any atom is 0.345 e. The summed E-state index contributed by atoms with van der Waals surface area (Å²) in [6, 6.07) is 8.12. The van der Waals surface area contributed by atoms with E-state index < -0.39 is 16.1 Å². The van der Waals surface area contributed by atoms with Crippen LogP contribution < -0.4 is 4.74 Å². The SMILES string of the molecule is O=C(Oc1ccc(S(=O)(=O)O)c(C2CCCCC2)c1)c1c(I)cc(I)cc1I. The number of carbonyl (C=O) groups excluding carboxylic acids is 1. The highest BCUT2D eigenvalue weighted by Gasteiger charge is 2.25. The summed E-state index contributed by atoms with van der Waals surface area (Å²) in [6.45, 7) is 0. The number of rotatable bonds is 4. The molecule has 0 bridgehead atoms. The number of ether oxygens (including phenoxy) is 1. The minimum Gasteiger partial charge on any atom is -0.423 e. The molecule has 1 aliphatic rings. The highest BCUT2D eigenvalue weighted by atomic mass is 127. The average Bonchev–Trinajstić information content (AvgIpc) is 2.60. The molecule has 2 aromatic carbocycles. The van der Waals surface area contributed by atoms with Crippen molar-refractivity contribution < 1.29 is 22.5 Å². The predicted molar refractivity (Wildman–Crippen MR) is 132 cm³/mol. The van der Waals surface area contributed by atoms with Crippen molar-refractivity contribution in [3.8, 4) is 5.75 Å². The van der Waals surface area contributed by atoms with Crippen molar-refractivity contribution in [2.75, 3.05) is 0 Å². The molecule has 2 aromatic rings. The molecule has 150 valence electrons. The van der Waals surface area contributed by atoms with Gasteiger partial charge in [-0.25, -0.2) is 4.79 Å². The first-order valence-electron chi connectivity index (χ1n) is 8.65. The van der Waals surface area contributed by atoms with Gasteiger partial charge >= 0.3 is 5.97 Å². The molecule has 0 saturated heterocycles. The minimum absolute atomic E-state index is 0.0305.